The van der Waals surface area contributed by atoms with Crippen molar-refractivity contribution in [2.24, 2.45) is 0 Å². The molecular weight excluding hydrogens is 338 g/mol. The number of nitrogens with zero attached hydrogens (tertiary/aromatic N) is 2. The lowest BCUT2D eigenvalue weighted by Gasteiger charge is -2.27. The second kappa shape index (κ2) is 7.05. The van der Waals surface area contributed by atoms with Crippen molar-refractivity contribution in [1.82, 2.24) is 9.62 Å². The van der Waals surface area contributed by atoms with Gasteiger partial charge >= 0.3 is 0 Å². The molecule has 0 spiro atoms. The van der Waals surface area contributed by atoms with E-state index in [1.165, 1.54) is 25.3 Å². The van der Waals surface area contributed by atoms with Crippen LogP contribution in [0.4, 0.5) is 0 Å². The van der Waals surface area contributed by atoms with Crippen LogP contribution in [0, 0.1) is 11.3 Å². The Morgan fingerprint density at radius 1 is 1.30 bits per heavy atom. The molecule has 6 nitrogen and oxygen atoms in total. The highest BCUT2D eigenvalue weighted by Gasteiger charge is 2.43. The summed E-state index contributed by atoms with van der Waals surface area (Å²) in [6, 6.07) is 6.52. The van der Waals surface area contributed by atoms with Crippen LogP contribution in [0.2, 0.25) is 0 Å². The molecule has 2 fully saturated rings. The highest BCUT2D eigenvalue weighted by atomic mass is 35.5. The third-order valence-corrected chi connectivity index (χ3v) is 6.48. The minimum Gasteiger partial charge on any atom is -0.495 e. The quantitative estimate of drug-likeness (QED) is 0.886. The molecule has 2 aliphatic heterocycles. The number of benzene rings is 1. The summed E-state index contributed by atoms with van der Waals surface area (Å²) in [5.74, 6) is 0.232. The number of hydrogen-bond donors (Lipinski definition) is 1. The number of fused-ring (bicyclic) bond motifs is 2. The van der Waals surface area contributed by atoms with Crippen molar-refractivity contribution in [1.29, 1.82) is 5.26 Å². The van der Waals surface area contributed by atoms with Crippen LogP contribution < -0.4 is 10.1 Å². The molecule has 0 aliphatic carbocycles. The summed E-state index contributed by atoms with van der Waals surface area (Å²) in [6.45, 7) is 1.53. The molecule has 0 amide bonds. The van der Waals surface area contributed by atoms with Crippen molar-refractivity contribution >= 4 is 22.4 Å². The first-order valence-corrected chi connectivity index (χ1v) is 8.84. The van der Waals surface area contributed by atoms with Gasteiger partial charge in [0.2, 0.25) is 10.0 Å². The summed E-state index contributed by atoms with van der Waals surface area (Å²) in [6.07, 6.45) is 2.62. The molecular formula is C15H20ClN3O3S. The Labute approximate surface area is 142 Å². The molecule has 23 heavy (non-hydrogen) atoms. The molecule has 1 aromatic rings. The van der Waals surface area contributed by atoms with Crippen LogP contribution in [-0.2, 0) is 10.0 Å². The first-order chi connectivity index (χ1) is 10.6. The molecule has 2 heterocycles. The van der Waals surface area contributed by atoms with Crippen molar-refractivity contribution in [2.75, 3.05) is 20.2 Å². The smallest absolute Gasteiger partial charge is 0.247 e. The molecule has 0 saturated carbocycles. The highest BCUT2D eigenvalue weighted by Crippen LogP contribution is 2.36. The average Bonchev–Trinajstić information content (AvgIpc) is 2.80. The number of ether oxygens (including phenoxy) is 1. The predicted octanol–water partition coefficient (Wildman–Crippen LogP) is 1.50. The van der Waals surface area contributed by atoms with Gasteiger partial charge in [-0.3, -0.25) is 0 Å². The van der Waals surface area contributed by atoms with Gasteiger partial charge in [-0.25, -0.2) is 8.42 Å². The van der Waals surface area contributed by atoms with Gasteiger partial charge in [-0.05, 0) is 44.0 Å². The Balaban J connectivity index is 0.00000192. The largest absolute Gasteiger partial charge is 0.495 e. The van der Waals surface area contributed by atoms with Crippen LogP contribution in [-0.4, -0.2) is 45.0 Å². The standard InChI is InChI=1S/C15H19N3O3S.ClH/c1-21-14-8-11(9-16)2-5-15(14)22(19,20)18-12-3-4-13(18)10-17-7-6-12;/h2,5,8,12-13,17H,3-4,6-7,10H2,1H3;1H. The zero-order valence-electron chi connectivity index (χ0n) is 12.9. The van der Waals surface area contributed by atoms with Crippen LogP contribution in [0.5, 0.6) is 5.75 Å². The first kappa shape index (κ1) is 18.0. The lowest BCUT2D eigenvalue weighted by Crippen LogP contribution is -2.42. The molecule has 1 N–H and O–H groups in total. The minimum atomic E-state index is -3.63. The Hall–Kier alpha value is -1.33. The lowest BCUT2D eigenvalue weighted by atomic mass is 10.1. The zero-order chi connectivity index (χ0) is 15.7. The van der Waals surface area contributed by atoms with Gasteiger partial charge < -0.3 is 10.1 Å². The van der Waals surface area contributed by atoms with E-state index in [4.69, 9.17) is 10.00 Å². The van der Waals surface area contributed by atoms with Crippen LogP contribution >= 0.6 is 12.4 Å². The number of halogens is 1. The minimum absolute atomic E-state index is 0. The summed E-state index contributed by atoms with van der Waals surface area (Å²) in [7, 11) is -2.21. The summed E-state index contributed by atoms with van der Waals surface area (Å²) in [4.78, 5) is 0.146. The van der Waals surface area contributed by atoms with Crippen LogP contribution in [0.3, 0.4) is 0 Å². The van der Waals surface area contributed by atoms with Crippen LogP contribution in [0.1, 0.15) is 24.8 Å². The molecule has 3 rings (SSSR count). The molecule has 126 valence electrons. The van der Waals surface area contributed by atoms with E-state index in [9.17, 15) is 8.42 Å². The van der Waals surface area contributed by atoms with Gasteiger partial charge in [0.25, 0.3) is 0 Å². The van der Waals surface area contributed by atoms with Crippen molar-refractivity contribution in [3.63, 3.8) is 0 Å². The Morgan fingerprint density at radius 3 is 2.74 bits per heavy atom. The van der Waals surface area contributed by atoms with E-state index >= 15 is 0 Å². The topological polar surface area (TPSA) is 82.4 Å². The molecule has 2 aliphatic rings. The number of sulfonamides is 1. The fraction of sp³-hybridized carbons (Fsp3) is 0.533. The van der Waals surface area contributed by atoms with E-state index in [1.807, 2.05) is 6.07 Å². The predicted molar refractivity (Wildman–Crippen MR) is 88.3 cm³/mol. The van der Waals surface area contributed by atoms with Crippen molar-refractivity contribution in [3.05, 3.63) is 23.8 Å². The van der Waals surface area contributed by atoms with Gasteiger partial charge in [0.1, 0.15) is 10.6 Å². The van der Waals surface area contributed by atoms with Crippen LogP contribution in [0.15, 0.2) is 23.1 Å². The Kier molecular flexibility index (Phi) is 5.53. The molecule has 2 bridgehead atoms. The maximum Gasteiger partial charge on any atom is 0.247 e. The highest BCUT2D eigenvalue weighted by molar-refractivity contribution is 7.89. The average molecular weight is 358 g/mol. The molecule has 2 unspecified atom stereocenters. The summed E-state index contributed by atoms with van der Waals surface area (Å²) in [5, 5.41) is 12.3. The summed E-state index contributed by atoms with van der Waals surface area (Å²) >= 11 is 0. The molecule has 8 heteroatoms. The zero-order valence-corrected chi connectivity index (χ0v) is 14.5. The molecule has 2 atom stereocenters. The number of hydrogen-bond acceptors (Lipinski definition) is 5. The van der Waals surface area contributed by atoms with E-state index in [2.05, 4.69) is 5.32 Å². The normalized spacial score (nSPS) is 24.3. The lowest BCUT2D eigenvalue weighted by molar-refractivity contribution is 0.331. The van der Waals surface area contributed by atoms with Crippen molar-refractivity contribution < 1.29 is 13.2 Å². The van der Waals surface area contributed by atoms with Gasteiger partial charge in [0.05, 0.1) is 18.7 Å². The third kappa shape index (κ3) is 3.17. The third-order valence-electron chi connectivity index (χ3n) is 4.44. The fourth-order valence-corrected chi connectivity index (χ4v) is 5.43. The number of nitriles is 1. The Morgan fingerprint density at radius 2 is 2.04 bits per heavy atom. The first-order valence-electron chi connectivity index (χ1n) is 7.40. The SMILES string of the molecule is COc1cc(C#N)ccc1S(=O)(=O)N1C2CCNCC1CC2.Cl. The maximum absolute atomic E-state index is 13.1. The fourth-order valence-electron chi connectivity index (χ4n) is 3.39. The van der Waals surface area contributed by atoms with Gasteiger partial charge in [-0.2, -0.15) is 9.57 Å². The van der Waals surface area contributed by atoms with Gasteiger partial charge in [0.15, 0.2) is 0 Å². The maximum atomic E-state index is 13.1. The molecule has 0 aromatic heterocycles. The number of methoxy groups -OCH3 is 1. The van der Waals surface area contributed by atoms with E-state index in [0.29, 0.717) is 12.1 Å². The van der Waals surface area contributed by atoms with Gasteiger partial charge in [0, 0.05) is 18.6 Å². The van der Waals surface area contributed by atoms with Gasteiger partial charge in [-0.1, -0.05) is 0 Å². The van der Waals surface area contributed by atoms with Crippen LogP contribution in [0.25, 0.3) is 0 Å². The number of nitrogens with one attached hydrogen (secondary N) is 1. The molecule has 0 radical (unpaired) electrons. The van der Waals surface area contributed by atoms with E-state index in [-0.39, 0.29) is 35.1 Å². The summed E-state index contributed by atoms with van der Waals surface area (Å²) in [5.41, 5.74) is 0.385. The van der Waals surface area contributed by atoms with Crippen molar-refractivity contribution in [3.8, 4) is 11.8 Å². The second-order valence-electron chi connectivity index (χ2n) is 5.69. The van der Waals surface area contributed by atoms with E-state index < -0.39 is 10.0 Å². The molecule has 2 saturated heterocycles. The second-order valence-corrected chi connectivity index (χ2v) is 7.50. The Bertz CT molecular complexity index is 703. The number of rotatable bonds is 3. The molecule has 1 aromatic carbocycles. The van der Waals surface area contributed by atoms with E-state index in [1.54, 1.807) is 4.31 Å². The summed E-state index contributed by atoms with van der Waals surface area (Å²) < 4.78 is 33.1. The van der Waals surface area contributed by atoms with Gasteiger partial charge in [-0.15, -0.1) is 12.4 Å². The van der Waals surface area contributed by atoms with Crippen molar-refractivity contribution in [2.45, 2.75) is 36.2 Å². The monoisotopic (exact) mass is 357 g/mol. The van der Waals surface area contributed by atoms with E-state index in [0.717, 1.165) is 25.8 Å².